The highest BCUT2D eigenvalue weighted by Gasteiger charge is 2.09. The molecule has 0 radical (unpaired) electrons. The molecule has 0 spiro atoms. The standard InChI is InChI=1S/C12H7FIN3/c13-7-1-2-8(9(14)5-7)12-16-10-3-4-15-6-11(10)17-12/h1-6H,(H,16,17). The smallest absolute Gasteiger partial charge is 0.139 e. The Labute approximate surface area is 110 Å². The molecule has 2 aromatic heterocycles. The van der Waals surface area contributed by atoms with E-state index in [9.17, 15) is 4.39 Å². The summed E-state index contributed by atoms with van der Waals surface area (Å²) >= 11 is 2.10. The summed E-state index contributed by atoms with van der Waals surface area (Å²) in [4.78, 5) is 11.6. The molecule has 17 heavy (non-hydrogen) atoms. The Hall–Kier alpha value is -1.50. The Morgan fingerprint density at radius 1 is 1.24 bits per heavy atom. The van der Waals surface area contributed by atoms with Crippen LogP contribution in [0.4, 0.5) is 4.39 Å². The third-order valence-corrected chi connectivity index (χ3v) is 3.36. The molecular formula is C12H7FIN3. The van der Waals surface area contributed by atoms with Gasteiger partial charge in [-0.3, -0.25) is 4.98 Å². The predicted molar refractivity (Wildman–Crippen MR) is 72.0 cm³/mol. The van der Waals surface area contributed by atoms with Gasteiger partial charge >= 0.3 is 0 Å². The van der Waals surface area contributed by atoms with Crippen molar-refractivity contribution in [3.63, 3.8) is 0 Å². The number of H-pyrrole nitrogens is 1. The predicted octanol–water partition coefficient (Wildman–Crippen LogP) is 3.37. The second-order valence-corrected chi connectivity index (χ2v) is 4.76. The van der Waals surface area contributed by atoms with Gasteiger partial charge < -0.3 is 4.98 Å². The zero-order valence-electron chi connectivity index (χ0n) is 8.61. The molecule has 0 aliphatic heterocycles. The molecule has 0 saturated heterocycles. The van der Waals surface area contributed by atoms with Gasteiger partial charge in [0.1, 0.15) is 11.6 Å². The van der Waals surface area contributed by atoms with Crippen molar-refractivity contribution >= 4 is 33.6 Å². The van der Waals surface area contributed by atoms with Crippen molar-refractivity contribution in [1.82, 2.24) is 15.0 Å². The number of aromatic nitrogens is 3. The lowest BCUT2D eigenvalue weighted by atomic mass is 10.2. The summed E-state index contributed by atoms with van der Waals surface area (Å²) < 4.78 is 13.9. The zero-order chi connectivity index (χ0) is 11.8. The zero-order valence-corrected chi connectivity index (χ0v) is 10.8. The van der Waals surface area contributed by atoms with E-state index < -0.39 is 0 Å². The molecule has 0 atom stereocenters. The van der Waals surface area contributed by atoms with Crippen molar-refractivity contribution in [2.75, 3.05) is 0 Å². The number of aromatic amines is 1. The van der Waals surface area contributed by atoms with Crippen LogP contribution in [0.25, 0.3) is 22.4 Å². The molecule has 1 N–H and O–H groups in total. The highest BCUT2D eigenvalue weighted by Crippen LogP contribution is 2.25. The number of pyridine rings is 1. The Kier molecular flexibility index (Phi) is 2.54. The summed E-state index contributed by atoms with van der Waals surface area (Å²) in [5, 5.41) is 0. The van der Waals surface area contributed by atoms with E-state index in [1.54, 1.807) is 18.5 Å². The van der Waals surface area contributed by atoms with Gasteiger partial charge in [-0.25, -0.2) is 9.37 Å². The molecule has 0 fully saturated rings. The largest absolute Gasteiger partial charge is 0.337 e. The first-order chi connectivity index (χ1) is 8.24. The van der Waals surface area contributed by atoms with Crippen LogP contribution in [0.3, 0.4) is 0 Å². The number of fused-ring (bicyclic) bond motifs is 1. The quantitative estimate of drug-likeness (QED) is 0.691. The summed E-state index contributed by atoms with van der Waals surface area (Å²) in [6, 6.07) is 6.48. The summed E-state index contributed by atoms with van der Waals surface area (Å²) in [6.45, 7) is 0. The Morgan fingerprint density at radius 2 is 2.12 bits per heavy atom. The number of benzene rings is 1. The molecule has 84 valence electrons. The Bertz CT molecular complexity index is 660. The third-order valence-electron chi connectivity index (χ3n) is 2.47. The van der Waals surface area contributed by atoms with Crippen LogP contribution in [0.1, 0.15) is 0 Å². The van der Waals surface area contributed by atoms with Crippen molar-refractivity contribution in [1.29, 1.82) is 0 Å². The second-order valence-electron chi connectivity index (χ2n) is 3.60. The molecule has 5 heteroatoms. The van der Waals surface area contributed by atoms with Crippen LogP contribution in [0.2, 0.25) is 0 Å². The van der Waals surface area contributed by atoms with Gasteiger partial charge in [-0.15, -0.1) is 0 Å². The fourth-order valence-electron chi connectivity index (χ4n) is 1.67. The Balaban J connectivity index is 2.20. The van der Waals surface area contributed by atoms with Crippen molar-refractivity contribution < 1.29 is 4.39 Å². The normalized spacial score (nSPS) is 10.9. The van der Waals surface area contributed by atoms with E-state index in [0.29, 0.717) is 0 Å². The van der Waals surface area contributed by atoms with E-state index in [1.165, 1.54) is 12.1 Å². The molecule has 0 saturated carbocycles. The molecule has 3 rings (SSSR count). The van der Waals surface area contributed by atoms with Crippen LogP contribution in [0.5, 0.6) is 0 Å². The first kappa shape index (κ1) is 10.6. The first-order valence-corrected chi connectivity index (χ1v) is 6.07. The van der Waals surface area contributed by atoms with E-state index in [2.05, 4.69) is 37.5 Å². The maximum atomic E-state index is 13.0. The summed E-state index contributed by atoms with van der Waals surface area (Å²) in [7, 11) is 0. The van der Waals surface area contributed by atoms with Crippen LogP contribution < -0.4 is 0 Å². The average Bonchev–Trinajstić information content (AvgIpc) is 2.72. The monoisotopic (exact) mass is 339 g/mol. The topological polar surface area (TPSA) is 41.6 Å². The highest BCUT2D eigenvalue weighted by atomic mass is 127. The van der Waals surface area contributed by atoms with Crippen LogP contribution in [-0.4, -0.2) is 15.0 Å². The molecule has 3 nitrogen and oxygen atoms in total. The Morgan fingerprint density at radius 3 is 2.88 bits per heavy atom. The number of halogens is 2. The molecule has 0 bridgehead atoms. The summed E-state index contributed by atoms with van der Waals surface area (Å²) in [5.41, 5.74) is 2.63. The van der Waals surface area contributed by atoms with E-state index in [4.69, 9.17) is 0 Å². The molecule has 3 aromatic rings. The van der Waals surface area contributed by atoms with Gasteiger partial charge in [0.2, 0.25) is 0 Å². The fourth-order valence-corrected chi connectivity index (χ4v) is 2.40. The van der Waals surface area contributed by atoms with Gasteiger partial charge in [0.25, 0.3) is 0 Å². The molecule has 2 heterocycles. The fraction of sp³-hybridized carbons (Fsp3) is 0. The van der Waals surface area contributed by atoms with Crippen LogP contribution in [-0.2, 0) is 0 Å². The minimum absolute atomic E-state index is 0.240. The lowest BCUT2D eigenvalue weighted by molar-refractivity contribution is 0.627. The van der Waals surface area contributed by atoms with Gasteiger partial charge in [-0.05, 0) is 46.9 Å². The van der Waals surface area contributed by atoms with Crippen molar-refractivity contribution in [2.24, 2.45) is 0 Å². The van der Waals surface area contributed by atoms with Gasteiger partial charge in [-0.2, -0.15) is 0 Å². The van der Waals surface area contributed by atoms with Crippen molar-refractivity contribution in [3.05, 3.63) is 46.0 Å². The molecule has 0 unspecified atom stereocenters. The van der Waals surface area contributed by atoms with Crippen molar-refractivity contribution in [2.45, 2.75) is 0 Å². The third kappa shape index (κ3) is 1.90. The minimum Gasteiger partial charge on any atom is -0.337 e. The SMILES string of the molecule is Fc1ccc(-c2nc3ccncc3[nH]2)c(I)c1. The van der Waals surface area contributed by atoms with Gasteiger partial charge in [-0.1, -0.05) is 0 Å². The average molecular weight is 339 g/mol. The summed E-state index contributed by atoms with van der Waals surface area (Å²) in [6.07, 6.45) is 3.42. The lowest BCUT2D eigenvalue weighted by Crippen LogP contribution is -1.86. The molecular weight excluding hydrogens is 332 g/mol. The highest BCUT2D eigenvalue weighted by molar-refractivity contribution is 14.1. The maximum Gasteiger partial charge on any atom is 0.139 e. The van der Waals surface area contributed by atoms with Gasteiger partial charge in [0, 0.05) is 15.3 Å². The second kappa shape index (κ2) is 4.06. The molecule has 0 amide bonds. The number of nitrogens with one attached hydrogen (secondary N) is 1. The van der Waals surface area contributed by atoms with E-state index in [0.717, 1.165) is 26.0 Å². The van der Waals surface area contributed by atoms with E-state index in [-0.39, 0.29) is 5.82 Å². The van der Waals surface area contributed by atoms with E-state index >= 15 is 0 Å². The molecule has 1 aromatic carbocycles. The molecule has 0 aliphatic rings. The van der Waals surface area contributed by atoms with Crippen LogP contribution in [0.15, 0.2) is 36.7 Å². The first-order valence-electron chi connectivity index (χ1n) is 4.99. The number of nitrogens with zero attached hydrogens (tertiary/aromatic N) is 2. The number of rotatable bonds is 1. The molecule has 0 aliphatic carbocycles. The van der Waals surface area contributed by atoms with E-state index in [1.807, 2.05) is 6.07 Å². The summed E-state index contributed by atoms with van der Waals surface area (Å²) in [5.74, 6) is 0.494. The number of imidazole rings is 1. The van der Waals surface area contributed by atoms with Crippen LogP contribution in [0, 0.1) is 9.39 Å². The van der Waals surface area contributed by atoms with Gasteiger partial charge in [0.15, 0.2) is 0 Å². The van der Waals surface area contributed by atoms with Crippen molar-refractivity contribution in [3.8, 4) is 11.4 Å². The maximum absolute atomic E-state index is 13.0. The number of hydrogen-bond donors (Lipinski definition) is 1. The van der Waals surface area contributed by atoms with Crippen LogP contribution >= 0.6 is 22.6 Å². The minimum atomic E-state index is -0.240. The van der Waals surface area contributed by atoms with Gasteiger partial charge in [0.05, 0.1) is 17.2 Å². The lowest BCUT2D eigenvalue weighted by Gasteiger charge is -2.00. The number of hydrogen-bond acceptors (Lipinski definition) is 2.